The maximum atomic E-state index is 13.5. The number of ether oxygens (including phenoxy) is 1. The SMILES string of the molecule is CCOc1nc(Nc2ccc(C(=O)N3CCN(C)CC3)cc2N(C)C)nc2c1ccn2S(=O)(=O)c1ccc(C)cc1. The molecule has 0 aliphatic carbocycles. The molecule has 0 bridgehead atoms. The van der Waals surface area contributed by atoms with Gasteiger partial charge in [0.2, 0.25) is 11.8 Å². The Bertz CT molecular complexity index is 1680. The van der Waals surface area contributed by atoms with E-state index in [0.29, 0.717) is 36.3 Å². The lowest BCUT2D eigenvalue weighted by atomic mass is 10.1. The van der Waals surface area contributed by atoms with Crippen LogP contribution in [0.25, 0.3) is 11.0 Å². The highest BCUT2D eigenvalue weighted by Crippen LogP contribution is 2.32. The monoisotopic (exact) mass is 577 g/mol. The minimum absolute atomic E-state index is 0.0109. The number of nitrogens with zero attached hydrogens (tertiary/aromatic N) is 6. The predicted octanol–water partition coefficient (Wildman–Crippen LogP) is 3.57. The largest absolute Gasteiger partial charge is 0.477 e. The summed E-state index contributed by atoms with van der Waals surface area (Å²) in [6.45, 7) is 7.13. The Hall–Kier alpha value is -4.16. The van der Waals surface area contributed by atoms with Crippen LogP contribution in [0.3, 0.4) is 0 Å². The second-order valence-corrected chi connectivity index (χ2v) is 12.1. The summed E-state index contributed by atoms with van der Waals surface area (Å²) in [5.41, 5.74) is 3.16. The fourth-order valence-corrected chi connectivity index (χ4v) is 6.03. The molecule has 1 saturated heterocycles. The molecular weight excluding hydrogens is 542 g/mol. The number of benzene rings is 2. The zero-order chi connectivity index (χ0) is 29.3. The maximum absolute atomic E-state index is 13.5. The van der Waals surface area contributed by atoms with E-state index in [9.17, 15) is 13.2 Å². The highest BCUT2D eigenvalue weighted by Gasteiger charge is 2.24. The van der Waals surface area contributed by atoms with Crippen LogP contribution in [0.1, 0.15) is 22.8 Å². The lowest BCUT2D eigenvalue weighted by Gasteiger charge is -2.32. The van der Waals surface area contributed by atoms with Gasteiger partial charge in [-0.25, -0.2) is 12.4 Å². The minimum Gasteiger partial charge on any atom is -0.477 e. The van der Waals surface area contributed by atoms with Gasteiger partial charge in [-0.15, -0.1) is 0 Å². The fraction of sp³-hybridized carbons (Fsp3) is 0.345. The molecule has 1 amide bonds. The summed E-state index contributed by atoms with van der Waals surface area (Å²) < 4.78 is 34.0. The van der Waals surface area contributed by atoms with E-state index in [-0.39, 0.29) is 28.3 Å². The summed E-state index contributed by atoms with van der Waals surface area (Å²) in [7, 11) is 1.91. The topological polar surface area (TPSA) is 113 Å². The molecule has 0 saturated carbocycles. The molecule has 1 fully saturated rings. The normalized spacial score (nSPS) is 14.3. The number of hydrogen-bond acceptors (Lipinski definition) is 9. The van der Waals surface area contributed by atoms with E-state index in [1.165, 1.54) is 6.20 Å². The van der Waals surface area contributed by atoms with Crippen molar-refractivity contribution in [1.82, 2.24) is 23.7 Å². The van der Waals surface area contributed by atoms with Crippen molar-refractivity contribution in [3.8, 4) is 5.88 Å². The van der Waals surface area contributed by atoms with Gasteiger partial charge in [-0.05, 0) is 57.3 Å². The molecule has 1 aliphatic heterocycles. The van der Waals surface area contributed by atoms with Gasteiger partial charge in [0.15, 0.2) is 5.65 Å². The van der Waals surface area contributed by atoms with Gasteiger partial charge in [-0.2, -0.15) is 9.97 Å². The van der Waals surface area contributed by atoms with Gasteiger partial charge < -0.3 is 24.8 Å². The summed E-state index contributed by atoms with van der Waals surface area (Å²) in [5.74, 6) is 0.426. The van der Waals surface area contributed by atoms with E-state index in [0.717, 1.165) is 28.3 Å². The number of piperazine rings is 1. The zero-order valence-electron chi connectivity index (χ0n) is 24.0. The number of nitrogens with one attached hydrogen (secondary N) is 1. The lowest BCUT2D eigenvalue weighted by Crippen LogP contribution is -2.47. The smallest absolute Gasteiger partial charge is 0.269 e. The van der Waals surface area contributed by atoms with Crippen molar-refractivity contribution in [1.29, 1.82) is 0 Å². The average Bonchev–Trinajstić information content (AvgIpc) is 3.39. The first kappa shape index (κ1) is 28.4. The molecule has 0 spiro atoms. The number of anilines is 3. The molecule has 1 N–H and O–H groups in total. The van der Waals surface area contributed by atoms with Gasteiger partial charge >= 0.3 is 0 Å². The number of fused-ring (bicyclic) bond motifs is 1. The Morgan fingerprint density at radius 1 is 1.02 bits per heavy atom. The molecule has 0 radical (unpaired) electrons. The van der Waals surface area contributed by atoms with E-state index in [2.05, 4.69) is 27.2 Å². The van der Waals surface area contributed by atoms with Crippen molar-refractivity contribution >= 4 is 44.3 Å². The number of hydrogen-bond donors (Lipinski definition) is 1. The Kier molecular flexibility index (Phi) is 7.87. The van der Waals surface area contributed by atoms with Gasteiger partial charge in [-0.3, -0.25) is 4.79 Å². The second-order valence-electron chi connectivity index (χ2n) is 10.3. The first-order chi connectivity index (χ1) is 19.6. The molecule has 5 rings (SSSR count). The molecule has 0 atom stereocenters. The van der Waals surface area contributed by atoms with E-state index in [1.807, 2.05) is 49.9 Å². The van der Waals surface area contributed by atoms with Crippen molar-refractivity contribution in [2.75, 3.05) is 64.1 Å². The van der Waals surface area contributed by atoms with Crippen LogP contribution >= 0.6 is 0 Å². The molecule has 2 aromatic carbocycles. The van der Waals surface area contributed by atoms with Crippen LogP contribution in [-0.2, 0) is 10.0 Å². The van der Waals surface area contributed by atoms with Gasteiger partial charge in [-0.1, -0.05) is 17.7 Å². The number of aryl methyl sites for hydroxylation is 1. The molecule has 2 aromatic heterocycles. The predicted molar refractivity (Wildman–Crippen MR) is 160 cm³/mol. The van der Waals surface area contributed by atoms with Gasteiger partial charge in [0.05, 0.1) is 28.3 Å². The highest BCUT2D eigenvalue weighted by atomic mass is 32.2. The standard InChI is InChI=1S/C29H35N7O4S/c1-6-40-27-23-13-14-36(41(38,39)22-10-7-20(2)8-11-22)26(23)31-29(32-27)30-24-12-9-21(19-25(24)33(3)4)28(37)35-17-15-34(5)16-18-35/h7-14,19H,6,15-18H2,1-5H3,(H,30,31,32). The van der Waals surface area contributed by atoms with E-state index >= 15 is 0 Å². The number of aromatic nitrogens is 3. The summed E-state index contributed by atoms with van der Waals surface area (Å²) in [4.78, 5) is 28.5. The van der Waals surface area contributed by atoms with Gasteiger partial charge in [0.1, 0.15) is 0 Å². The Morgan fingerprint density at radius 3 is 2.39 bits per heavy atom. The van der Waals surface area contributed by atoms with E-state index in [1.54, 1.807) is 36.4 Å². The van der Waals surface area contributed by atoms with Crippen LogP contribution < -0.4 is 15.0 Å². The maximum Gasteiger partial charge on any atom is 0.269 e. The molecule has 4 aromatic rings. The van der Waals surface area contributed by atoms with Crippen molar-refractivity contribution < 1.29 is 17.9 Å². The third-order valence-electron chi connectivity index (χ3n) is 7.10. The Morgan fingerprint density at radius 2 is 1.73 bits per heavy atom. The van der Waals surface area contributed by atoms with Gasteiger partial charge in [0, 0.05) is 52.0 Å². The molecular formula is C29H35N7O4S. The molecule has 0 unspecified atom stereocenters. The summed E-state index contributed by atoms with van der Waals surface area (Å²) >= 11 is 0. The molecule has 1 aliphatic rings. The average molecular weight is 578 g/mol. The van der Waals surface area contributed by atoms with Crippen LogP contribution in [0, 0.1) is 6.92 Å². The van der Waals surface area contributed by atoms with E-state index < -0.39 is 10.0 Å². The molecule has 216 valence electrons. The first-order valence-electron chi connectivity index (χ1n) is 13.5. The van der Waals surface area contributed by atoms with Crippen LogP contribution in [0.5, 0.6) is 5.88 Å². The molecule has 12 heteroatoms. The van der Waals surface area contributed by atoms with Crippen LogP contribution in [0.15, 0.2) is 59.6 Å². The van der Waals surface area contributed by atoms with Gasteiger partial charge in [0.25, 0.3) is 15.9 Å². The summed E-state index contributed by atoms with van der Waals surface area (Å²) in [6, 6.07) is 13.7. The van der Waals surface area contributed by atoms with Crippen LogP contribution in [-0.4, -0.2) is 92.0 Å². The number of carbonyl (C=O) groups is 1. The fourth-order valence-electron chi connectivity index (χ4n) is 4.74. The lowest BCUT2D eigenvalue weighted by molar-refractivity contribution is 0.0664. The number of rotatable bonds is 8. The van der Waals surface area contributed by atoms with Crippen LogP contribution in [0.4, 0.5) is 17.3 Å². The van der Waals surface area contributed by atoms with Crippen LogP contribution in [0.2, 0.25) is 0 Å². The quantitative estimate of drug-likeness (QED) is 0.336. The number of carbonyl (C=O) groups excluding carboxylic acids is 1. The van der Waals surface area contributed by atoms with E-state index in [4.69, 9.17) is 4.74 Å². The Labute approximate surface area is 240 Å². The first-order valence-corrected chi connectivity index (χ1v) is 14.9. The van der Waals surface area contributed by atoms with Crippen molar-refractivity contribution in [3.05, 3.63) is 65.9 Å². The second kappa shape index (κ2) is 11.4. The number of amides is 1. The third-order valence-corrected chi connectivity index (χ3v) is 8.78. The zero-order valence-corrected chi connectivity index (χ0v) is 24.8. The van der Waals surface area contributed by atoms with Crippen molar-refractivity contribution in [2.45, 2.75) is 18.7 Å². The Balaban J connectivity index is 1.52. The van der Waals surface area contributed by atoms with Crippen molar-refractivity contribution in [3.63, 3.8) is 0 Å². The molecule has 11 nitrogen and oxygen atoms in total. The number of likely N-dealkylation sites (N-methyl/N-ethyl adjacent to an activating group) is 1. The molecule has 41 heavy (non-hydrogen) atoms. The third kappa shape index (κ3) is 5.70. The minimum atomic E-state index is -3.92. The summed E-state index contributed by atoms with van der Waals surface area (Å²) in [5, 5.41) is 3.71. The summed E-state index contributed by atoms with van der Waals surface area (Å²) in [6.07, 6.45) is 1.46. The van der Waals surface area contributed by atoms with Crippen molar-refractivity contribution in [2.24, 2.45) is 0 Å². The highest BCUT2D eigenvalue weighted by molar-refractivity contribution is 7.90. The molecule has 3 heterocycles.